The van der Waals surface area contributed by atoms with E-state index in [4.69, 9.17) is 5.73 Å². The third-order valence-electron chi connectivity index (χ3n) is 3.41. The molecule has 18 heavy (non-hydrogen) atoms. The number of carbonyl (C=O) groups is 1. The molecule has 0 bridgehead atoms. The fraction of sp³-hybridized carbons (Fsp3) is 0.533. The zero-order valence-corrected chi connectivity index (χ0v) is 11.0. The van der Waals surface area contributed by atoms with Crippen LogP contribution in [0, 0.1) is 0 Å². The van der Waals surface area contributed by atoms with E-state index < -0.39 is 0 Å². The molecule has 1 atom stereocenters. The minimum atomic E-state index is -0.0754. The maximum absolute atomic E-state index is 11.5. The number of nitrogens with two attached hydrogens (primary N) is 1. The minimum absolute atomic E-state index is 0.0303. The lowest BCUT2D eigenvalue weighted by molar-refractivity contribution is -0.121. The third-order valence-corrected chi connectivity index (χ3v) is 3.41. The average Bonchev–Trinajstić information content (AvgIpc) is 2.35. The normalized spacial score (nSPS) is 15.9. The van der Waals surface area contributed by atoms with Crippen molar-refractivity contribution < 1.29 is 4.79 Å². The van der Waals surface area contributed by atoms with Crippen LogP contribution in [0.1, 0.15) is 42.9 Å². The molecule has 1 aromatic rings. The number of nitrogens with one attached hydrogen (secondary N) is 1. The highest BCUT2D eigenvalue weighted by molar-refractivity contribution is 5.76. The van der Waals surface area contributed by atoms with Crippen LogP contribution in [0.4, 0.5) is 0 Å². The Balaban J connectivity index is 1.92. The average molecular weight is 246 g/mol. The Kier molecular flexibility index (Phi) is 4.37. The number of hydrogen-bond acceptors (Lipinski definition) is 2. The molecular formula is C15H22N2O. The van der Waals surface area contributed by atoms with Crippen LogP contribution >= 0.6 is 0 Å². The van der Waals surface area contributed by atoms with Gasteiger partial charge in [0.25, 0.3) is 0 Å². The largest absolute Gasteiger partial charge is 0.352 e. The number of fused-ring (bicyclic) bond motifs is 1. The van der Waals surface area contributed by atoms with Gasteiger partial charge in [0.1, 0.15) is 0 Å². The van der Waals surface area contributed by atoms with Crippen molar-refractivity contribution in [2.24, 2.45) is 5.73 Å². The number of hydrogen-bond donors (Lipinski definition) is 2. The van der Waals surface area contributed by atoms with Gasteiger partial charge in [-0.3, -0.25) is 4.79 Å². The van der Waals surface area contributed by atoms with Gasteiger partial charge in [0.15, 0.2) is 0 Å². The Bertz CT molecular complexity index is 427. The van der Waals surface area contributed by atoms with Crippen LogP contribution in [0.15, 0.2) is 18.2 Å². The van der Waals surface area contributed by atoms with E-state index in [1.54, 1.807) is 0 Å². The Morgan fingerprint density at radius 1 is 1.33 bits per heavy atom. The summed E-state index contributed by atoms with van der Waals surface area (Å²) in [6.07, 6.45) is 5.36. The molecule has 3 N–H and O–H groups in total. The van der Waals surface area contributed by atoms with Crippen LogP contribution < -0.4 is 11.1 Å². The Morgan fingerprint density at radius 3 is 2.78 bits per heavy atom. The molecule has 3 nitrogen and oxygen atoms in total. The molecule has 0 aliphatic heterocycles. The first-order chi connectivity index (χ1) is 8.65. The van der Waals surface area contributed by atoms with E-state index >= 15 is 0 Å². The second-order valence-electron chi connectivity index (χ2n) is 5.27. The van der Waals surface area contributed by atoms with Gasteiger partial charge in [-0.1, -0.05) is 18.2 Å². The van der Waals surface area contributed by atoms with E-state index in [9.17, 15) is 4.79 Å². The van der Waals surface area contributed by atoms with E-state index in [1.807, 2.05) is 6.92 Å². The molecule has 1 aliphatic rings. The van der Waals surface area contributed by atoms with Crippen LogP contribution in [0.2, 0.25) is 0 Å². The number of carbonyl (C=O) groups excluding carboxylic acids is 1. The molecule has 0 spiro atoms. The molecule has 98 valence electrons. The van der Waals surface area contributed by atoms with Crippen LogP contribution in [0.5, 0.6) is 0 Å². The molecule has 0 heterocycles. The van der Waals surface area contributed by atoms with Gasteiger partial charge in [-0.25, -0.2) is 0 Å². The van der Waals surface area contributed by atoms with Crippen molar-refractivity contribution in [1.82, 2.24) is 5.32 Å². The molecule has 1 unspecified atom stereocenters. The predicted octanol–water partition coefficient (Wildman–Crippen LogP) is 1.92. The zero-order valence-electron chi connectivity index (χ0n) is 11.0. The lowest BCUT2D eigenvalue weighted by atomic mass is 9.90. The van der Waals surface area contributed by atoms with Crippen LogP contribution in [0.3, 0.4) is 0 Å². The maximum atomic E-state index is 11.5. The van der Waals surface area contributed by atoms with Gasteiger partial charge in [0.2, 0.25) is 5.91 Å². The lowest BCUT2D eigenvalue weighted by Crippen LogP contribution is -2.29. The molecular weight excluding hydrogens is 224 g/mol. The highest BCUT2D eigenvalue weighted by Gasteiger charge is 2.10. The maximum Gasteiger partial charge on any atom is 0.221 e. The Hall–Kier alpha value is -1.35. The van der Waals surface area contributed by atoms with E-state index in [0.29, 0.717) is 13.0 Å². The number of rotatable bonds is 4. The smallest absolute Gasteiger partial charge is 0.221 e. The first-order valence-electron chi connectivity index (χ1n) is 6.78. The summed E-state index contributed by atoms with van der Waals surface area (Å²) >= 11 is 0. The molecule has 0 aromatic heterocycles. The van der Waals surface area contributed by atoms with Crippen LogP contribution in [0.25, 0.3) is 0 Å². The summed E-state index contributed by atoms with van der Waals surface area (Å²) in [5, 5.41) is 2.92. The molecule has 0 radical (unpaired) electrons. The molecule has 1 aliphatic carbocycles. The highest BCUT2D eigenvalue weighted by atomic mass is 16.1. The second kappa shape index (κ2) is 6.01. The lowest BCUT2D eigenvalue weighted by Gasteiger charge is -2.16. The van der Waals surface area contributed by atoms with Gasteiger partial charge in [-0.15, -0.1) is 0 Å². The van der Waals surface area contributed by atoms with Gasteiger partial charge in [-0.2, -0.15) is 0 Å². The summed E-state index contributed by atoms with van der Waals surface area (Å²) in [5.74, 6) is 0.0303. The van der Waals surface area contributed by atoms with Crippen molar-refractivity contribution in [1.29, 1.82) is 0 Å². The van der Waals surface area contributed by atoms with Gasteiger partial charge in [0.05, 0.1) is 0 Å². The summed E-state index contributed by atoms with van der Waals surface area (Å²) in [7, 11) is 0. The number of amides is 1. The van der Waals surface area contributed by atoms with Crippen molar-refractivity contribution in [3.8, 4) is 0 Å². The second-order valence-corrected chi connectivity index (χ2v) is 5.27. The summed E-state index contributed by atoms with van der Waals surface area (Å²) < 4.78 is 0. The van der Waals surface area contributed by atoms with Gasteiger partial charge >= 0.3 is 0 Å². The first-order valence-corrected chi connectivity index (χ1v) is 6.78. The summed E-state index contributed by atoms with van der Waals surface area (Å²) in [5.41, 5.74) is 9.72. The summed E-state index contributed by atoms with van der Waals surface area (Å²) in [6.45, 7) is 2.46. The van der Waals surface area contributed by atoms with E-state index in [1.165, 1.54) is 42.4 Å². The summed E-state index contributed by atoms with van der Waals surface area (Å²) in [6, 6.07) is 6.49. The van der Waals surface area contributed by atoms with Gasteiger partial charge in [-0.05, 0) is 49.3 Å². The van der Waals surface area contributed by atoms with Crippen LogP contribution in [-0.4, -0.2) is 11.9 Å². The summed E-state index contributed by atoms with van der Waals surface area (Å²) in [4.78, 5) is 11.5. The monoisotopic (exact) mass is 246 g/mol. The van der Waals surface area contributed by atoms with Crippen molar-refractivity contribution in [3.05, 3.63) is 34.9 Å². The quantitative estimate of drug-likeness (QED) is 0.852. The van der Waals surface area contributed by atoms with Crippen molar-refractivity contribution >= 4 is 5.91 Å². The van der Waals surface area contributed by atoms with E-state index in [0.717, 1.165) is 0 Å². The standard InChI is InChI=1S/C15H22N2O/c1-11(16)8-15(18)17-10-12-6-7-13-4-2-3-5-14(13)9-12/h6-7,9,11H,2-5,8,10,16H2,1H3,(H,17,18). The SMILES string of the molecule is CC(N)CC(=O)NCc1ccc2c(c1)CCCC2. The molecule has 1 aromatic carbocycles. The molecule has 0 fully saturated rings. The first kappa shape index (κ1) is 13.1. The molecule has 0 saturated carbocycles. The highest BCUT2D eigenvalue weighted by Crippen LogP contribution is 2.22. The van der Waals surface area contributed by atoms with Gasteiger partial charge in [0, 0.05) is 19.0 Å². The van der Waals surface area contributed by atoms with Crippen LogP contribution in [-0.2, 0) is 24.2 Å². The minimum Gasteiger partial charge on any atom is -0.352 e. The van der Waals surface area contributed by atoms with Crippen molar-refractivity contribution in [2.45, 2.75) is 51.6 Å². The number of aryl methyl sites for hydroxylation is 2. The predicted molar refractivity (Wildman–Crippen MR) is 73.2 cm³/mol. The number of benzene rings is 1. The molecule has 0 saturated heterocycles. The Morgan fingerprint density at radius 2 is 2.06 bits per heavy atom. The van der Waals surface area contributed by atoms with Crippen molar-refractivity contribution in [3.63, 3.8) is 0 Å². The van der Waals surface area contributed by atoms with E-state index in [2.05, 4.69) is 23.5 Å². The molecule has 2 rings (SSSR count). The molecule has 1 amide bonds. The Labute approximate surface area is 109 Å². The zero-order chi connectivity index (χ0) is 13.0. The third kappa shape index (κ3) is 3.57. The van der Waals surface area contributed by atoms with Crippen molar-refractivity contribution in [2.75, 3.05) is 0 Å². The van der Waals surface area contributed by atoms with Gasteiger partial charge < -0.3 is 11.1 Å². The van der Waals surface area contributed by atoms with E-state index in [-0.39, 0.29) is 11.9 Å². The fourth-order valence-electron chi connectivity index (χ4n) is 2.46. The fourth-order valence-corrected chi connectivity index (χ4v) is 2.46. The topological polar surface area (TPSA) is 55.1 Å². The molecule has 3 heteroatoms.